The lowest BCUT2D eigenvalue weighted by Gasteiger charge is -2.30. The molecule has 2 fully saturated rings. The molecule has 0 bridgehead atoms. The van der Waals surface area contributed by atoms with Crippen molar-refractivity contribution in [2.75, 3.05) is 5.32 Å². The van der Waals surface area contributed by atoms with Gasteiger partial charge in [0.1, 0.15) is 5.54 Å². The molecule has 2 aromatic rings. The average Bonchev–Trinajstić information content (AvgIpc) is 3.28. The molecule has 0 aliphatic carbocycles. The zero-order valence-corrected chi connectivity index (χ0v) is 14.9. The average molecular weight is 367 g/mol. The molecule has 6 nitrogen and oxygen atoms in total. The smallest absolute Gasteiger partial charge is 0.250 e. The Labute approximate surface area is 154 Å². The SMILES string of the molecule is C[C@]12N[C@H]3c4ccccc4NC(=O)[C@H]3[C@H]1C(=O)N(Cc1cccs1)C2=O. The highest BCUT2D eigenvalue weighted by Gasteiger charge is 2.68. The fourth-order valence-electron chi connectivity index (χ4n) is 4.58. The van der Waals surface area contributed by atoms with Gasteiger partial charge in [0.25, 0.3) is 0 Å². The van der Waals surface area contributed by atoms with Crippen LogP contribution in [-0.4, -0.2) is 28.2 Å². The molecule has 4 atom stereocenters. The third-order valence-electron chi connectivity index (χ3n) is 5.77. The number of imide groups is 1. The predicted molar refractivity (Wildman–Crippen MR) is 96.2 cm³/mol. The highest BCUT2D eigenvalue weighted by Crippen LogP contribution is 2.51. The number of rotatable bonds is 2. The molecule has 3 aliphatic heterocycles. The van der Waals surface area contributed by atoms with Crippen LogP contribution < -0.4 is 10.6 Å². The number of carbonyl (C=O) groups is 3. The van der Waals surface area contributed by atoms with Crippen molar-refractivity contribution >= 4 is 34.7 Å². The lowest BCUT2D eigenvalue weighted by Crippen LogP contribution is -2.48. The molecular weight excluding hydrogens is 350 g/mol. The largest absolute Gasteiger partial charge is 0.325 e. The molecule has 0 saturated carbocycles. The first-order valence-electron chi connectivity index (χ1n) is 8.56. The first-order chi connectivity index (χ1) is 12.5. The number of nitrogens with zero attached hydrogens (tertiary/aromatic N) is 1. The van der Waals surface area contributed by atoms with Crippen molar-refractivity contribution in [3.8, 4) is 0 Å². The highest BCUT2D eigenvalue weighted by molar-refractivity contribution is 7.09. The molecule has 1 aromatic carbocycles. The summed E-state index contributed by atoms with van der Waals surface area (Å²) in [5.74, 6) is -1.98. The van der Waals surface area contributed by atoms with Gasteiger partial charge < -0.3 is 5.32 Å². The number of fused-ring (bicyclic) bond motifs is 5. The number of likely N-dealkylation sites (tertiary alicyclic amines) is 1. The van der Waals surface area contributed by atoms with E-state index in [1.165, 1.54) is 16.2 Å². The van der Waals surface area contributed by atoms with Gasteiger partial charge >= 0.3 is 0 Å². The third-order valence-corrected chi connectivity index (χ3v) is 6.63. The standard InChI is InChI=1S/C19H17N3O3S/c1-19-14(17(24)22(18(19)25)9-10-5-4-8-26-10)13-15(21-19)11-6-2-3-7-12(11)20-16(13)23/h2-8,13-15,21H,9H2,1H3,(H,20,23)/t13-,14-,15-,19-/m0/s1. The Hall–Kier alpha value is -2.51. The second kappa shape index (κ2) is 5.25. The Morgan fingerprint density at radius 3 is 2.73 bits per heavy atom. The van der Waals surface area contributed by atoms with E-state index in [2.05, 4.69) is 10.6 Å². The Kier molecular flexibility index (Phi) is 3.17. The number of hydrogen-bond acceptors (Lipinski definition) is 5. The van der Waals surface area contributed by atoms with E-state index in [4.69, 9.17) is 0 Å². The molecule has 2 N–H and O–H groups in total. The number of nitrogens with one attached hydrogen (secondary N) is 2. The summed E-state index contributed by atoms with van der Waals surface area (Å²) >= 11 is 1.51. The van der Waals surface area contributed by atoms with Crippen LogP contribution in [0.25, 0.3) is 0 Å². The van der Waals surface area contributed by atoms with Crippen molar-refractivity contribution in [1.82, 2.24) is 10.2 Å². The number of thiophene rings is 1. The Balaban J connectivity index is 1.55. The van der Waals surface area contributed by atoms with Crippen LogP contribution in [0.1, 0.15) is 23.4 Å². The predicted octanol–water partition coefficient (Wildman–Crippen LogP) is 1.90. The van der Waals surface area contributed by atoms with Crippen molar-refractivity contribution in [3.63, 3.8) is 0 Å². The van der Waals surface area contributed by atoms with Gasteiger partial charge in [0.2, 0.25) is 17.7 Å². The molecule has 132 valence electrons. The summed E-state index contributed by atoms with van der Waals surface area (Å²) in [6.45, 7) is 2.01. The number of anilines is 1. The first-order valence-corrected chi connectivity index (χ1v) is 9.44. The third kappa shape index (κ3) is 1.92. The minimum atomic E-state index is -1.06. The monoisotopic (exact) mass is 367 g/mol. The number of benzene rings is 1. The van der Waals surface area contributed by atoms with Gasteiger partial charge in [-0.15, -0.1) is 11.3 Å². The van der Waals surface area contributed by atoms with Gasteiger partial charge in [-0.1, -0.05) is 24.3 Å². The summed E-state index contributed by atoms with van der Waals surface area (Å²) in [4.78, 5) is 41.3. The molecule has 0 radical (unpaired) electrons. The second-order valence-electron chi connectivity index (χ2n) is 7.21. The van der Waals surface area contributed by atoms with Gasteiger partial charge in [-0.3, -0.25) is 24.6 Å². The zero-order chi connectivity index (χ0) is 18.1. The van der Waals surface area contributed by atoms with E-state index in [1.54, 1.807) is 6.92 Å². The summed E-state index contributed by atoms with van der Waals surface area (Å²) in [6.07, 6.45) is 0. The van der Waals surface area contributed by atoms with Crippen molar-refractivity contribution in [2.24, 2.45) is 11.8 Å². The van der Waals surface area contributed by atoms with Gasteiger partial charge in [0, 0.05) is 16.6 Å². The molecule has 26 heavy (non-hydrogen) atoms. The lowest BCUT2D eigenvalue weighted by molar-refractivity contribution is -0.143. The lowest BCUT2D eigenvalue weighted by atomic mass is 9.78. The van der Waals surface area contributed by atoms with Crippen LogP contribution in [-0.2, 0) is 20.9 Å². The fourth-order valence-corrected chi connectivity index (χ4v) is 5.27. The van der Waals surface area contributed by atoms with Crippen molar-refractivity contribution in [2.45, 2.75) is 25.0 Å². The Bertz CT molecular complexity index is 941. The highest BCUT2D eigenvalue weighted by atomic mass is 32.1. The van der Waals surface area contributed by atoms with Crippen LogP contribution >= 0.6 is 11.3 Å². The fraction of sp³-hybridized carbons (Fsp3) is 0.316. The van der Waals surface area contributed by atoms with Crippen LogP contribution in [0.5, 0.6) is 0 Å². The second-order valence-corrected chi connectivity index (χ2v) is 8.25. The van der Waals surface area contributed by atoms with E-state index in [0.717, 1.165) is 16.1 Å². The molecule has 5 rings (SSSR count). The molecule has 4 heterocycles. The van der Waals surface area contributed by atoms with Crippen LogP contribution in [0, 0.1) is 11.8 Å². The summed E-state index contributed by atoms with van der Waals surface area (Å²) in [6, 6.07) is 11.0. The molecule has 2 saturated heterocycles. The summed E-state index contributed by atoms with van der Waals surface area (Å²) in [7, 11) is 0. The van der Waals surface area contributed by atoms with E-state index in [-0.39, 0.29) is 30.3 Å². The van der Waals surface area contributed by atoms with Gasteiger partial charge in [0.15, 0.2) is 0 Å². The summed E-state index contributed by atoms with van der Waals surface area (Å²) in [5.41, 5.74) is 0.613. The molecule has 3 amide bonds. The van der Waals surface area contributed by atoms with Crippen LogP contribution in [0.3, 0.4) is 0 Å². The van der Waals surface area contributed by atoms with Crippen LogP contribution in [0.4, 0.5) is 5.69 Å². The van der Waals surface area contributed by atoms with Gasteiger partial charge in [-0.05, 0) is 30.0 Å². The van der Waals surface area contributed by atoms with E-state index >= 15 is 0 Å². The summed E-state index contributed by atoms with van der Waals surface area (Å²) < 4.78 is 0. The van der Waals surface area contributed by atoms with Crippen LogP contribution in [0.2, 0.25) is 0 Å². The minimum absolute atomic E-state index is 0.200. The van der Waals surface area contributed by atoms with E-state index in [0.29, 0.717) is 0 Å². The molecule has 7 heteroatoms. The number of carbonyl (C=O) groups excluding carboxylic acids is 3. The number of hydrogen-bond donors (Lipinski definition) is 2. The van der Waals surface area contributed by atoms with Crippen molar-refractivity contribution < 1.29 is 14.4 Å². The van der Waals surface area contributed by atoms with Gasteiger partial charge in [0.05, 0.1) is 18.4 Å². The molecule has 0 spiro atoms. The maximum Gasteiger partial charge on any atom is 0.250 e. The molecule has 0 unspecified atom stereocenters. The van der Waals surface area contributed by atoms with Crippen molar-refractivity contribution in [1.29, 1.82) is 0 Å². The minimum Gasteiger partial charge on any atom is -0.325 e. The number of amides is 3. The van der Waals surface area contributed by atoms with Gasteiger partial charge in [-0.25, -0.2) is 0 Å². The molecule has 1 aromatic heterocycles. The normalized spacial score (nSPS) is 32.3. The van der Waals surface area contributed by atoms with Crippen molar-refractivity contribution in [3.05, 3.63) is 52.2 Å². The Morgan fingerprint density at radius 2 is 1.96 bits per heavy atom. The van der Waals surface area contributed by atoms with Crippen LogP contribution in [0.15, 0.2) is 41.8 Å². The zero-order valence-electron chi connectivity index (χ0n) is 14.1. The topological polar surface area (TPSA) is 78.5 Å². The van der Waals surface area contributed by atoms with E-state index in [1.807, 2.05) is 41.8 Å². The maximum atomic E-state index is 13.1. The molecular formula is C19H17N3O3S. The maximum absolute atomic E-state index is 13.1. The first kappa shape index (κ1) is 15.7. The van der Waals surface area contributed by atoms with E-state index in [9.17, 15) is 14.4 Å². The van der Waals surface area contributed by atoms with E-state index < -0.39 is 17.4 Å². The number of para-hydroxylation sites is 1. The molecule has 3 aliphatic rings. The quantitative estimate of drug-likeness (QED) is 0.795. The van der Waals surface area contributed by atoms with Gasteiger partial charge in [-0.2, -0.15) is 0 Å². The Morgan fingerprint density at radius 1 is 1.15 bits per heavy atom. The summed E-state index contributed by atoms with van der Waals surface area (Å²) in [5, 5.41) is 8.16.